The topological polar surface area (TPSA) is 40.6 Å². The van der Waals surface area contributed by atoms with E-state index < -0.39 is 0 Å². The molecular formula is C28H44N2O2. The molecule has 0 unspecified atom stereocenters. The Kier molecular flexibility index (Phi) is 14.0. The van der Waals surface area contributed by atoms with Crippen molar-refractivity contribution >= 4 is 11.8 Å². The summed E-state index contributed by atoms with van der Waals surface area (Å²) in [7, 11) is 0. The Labute approximate surface area is 196 Å². The summed E-state index contributed by atoms with van der Waals surface area (Å²) in [6.07, 6.45) is 18.8. The second-order valence-electron chi connectivity index (χ2n) is 8.19. The van der Waals surface area contributed by atoms with Crippen molar-refractivity contribution in [1.29, 1.82) is 0 Å². The van der Waals surface area contributed by atoms with Gasteiger partial charge in [0.15, 0.2) is 0 Å². The van der Waals surface area contributed by atoms with E-state index in [1.807, 2.05) is 0 Å². The first kappa shape index (κ1) is 29.4. The molecule has 0 atom stereocenters. The maximum atomic E-state index is 12.3. The molecule has 0 aromatic heterocycles. The van der Waals surface area contributed by atoms with E-state index in [-0.39, 0.29) is 22.6 Å². The number of carbonyl (C=O) groups is 2. The summed E-state index contributed by atoms with van der Waals surface area (Å²) < 4.78 is 0. The number of allylic oxidation sites excluding steroid dienone is 2. The third kappa shape index (κ3) is 8.86. The Morgan fingerprint density at radius 3 is 1.62 bits per heavy atom. The van der Waals surface area contributed by atoms with Crippen molar-refractivity contribution in [3.8, 4) is 0 Å². The van der Waals surface area contributed by atoms with Crippen molar-refractivity contribution in [2.45, 2.75) is 53.4 Å². The second kappa shape index (κ2) is 15.2. The van der Waals surface area contributed by atoms with Gasteiger partial charge in [0.1, 0.15) is 0 Å². The molecule has 0 aromatic rings. The summed E-state index contributed by atoms with van der Waals surface area (Å²) in [5, 5.41) is 0. The summed E-state index contributed by atoms with van der Waals surface area (Å²) in [6.45, 7) is 25.6. The highest BCUT2D eigenvalue weighted by atomic mass is 16.2. The van der Waals surface area contributed by atoms with Gasteiger partial charge in [0.25, 0.3) is 0 Å². The average molecular weight is 441 g/mol. The Bertz CT molecular complexity index is 694. The standard InChI is InChI=1S/C28H44N2O2/c1-9-21-29(25(31)11-3)23-17-18-27(13-5,14-6)19-20-28(15-7,16-8)24-30(22-10-2)26(32)12-4/h9-12,17-20H,1-4,13-16,21-24H2,5-8H3/b18-17+,20-19+. The van der Waals surface area contributed by atoms with Gasteiger partial charge in [-0.2, -0.15) is 0 Å². The van der Waals surface area contributed by atoms with E-state index in [1.165, 1.54) is 12.2 Å². The van der Waals surface area contributed by atoms with E-state index in [2.05, 4.69) is 78.3 Å². The fraction of sp³-hybridized carbons (Fsp3) is 0.500. The van der Waals surface area contributed by atoms with Crippen LogP contribution < -0.4 is 0 Å². The zero-order valence-corrected chi connectivity index (χ0v) is 20.8. The highest BCUT2D eigenvalue weighted by Crippen LogP contribution is 2.36. The molecule has 2 amide bonds. The number of rotatable bonds is 17. The van der Waals surface area contributed by atoms with Crippen LogP contribution in [0.2, 0.25) is 0 Å². The first-order valence-electron chi connectivity index (χ1n) is 11.7. The Hall–Kier alpha value is -2.62. The summed E-state index contributed by atoms with van der Waals surface area (Å²) in [6, 6.07) is 0. The molecule has 0 aliphatic heterocycles. The van der Waals surface area contributed by atoms with Gasteiger partial charge in [0.2, 0.25) is 11.8 Å². The Morgan fingerprint density at radius 1 is 0.688 bits per heavy atom. The number of carbonyl (C=O) groups excluding carboxylic acids is 2. The van der Waals surface area contributed by atoms with E-state index in [4.69, 9.17) is 0 Å². The normalized spacial score (nSPS) is 12.0. The van der Waals surface area contributed by atoms with Gasteiger partial charge in [0.05, 0.1) is 0 Å². The average Bonchev–Trinajstić information content (AvgIpc) is 2.83. The van der Waals surface area contributed by atoms with Gasteiger partial charge >= 0.3 is 0 Å². The second-order valence-corrected chi connectivity index (χ2v) is 8.19. The fourth-order valence-electron chi connectivity index (χ4n) is 3.73. The SMILES string of the molecule is C=CCN(C/C=C/C(/C=C/C(CC)(CC)CN(CC=C)C(=O)C=C)(CC)CC)C(=O)C=C. The van der Waals surface area contributed by atoms with Crippen LogP contribution in [-0.2, 0) is 9.59 Å². The minimum atomic E-state index is -0.126. The minimum absolute atomic E-state index is 0.0732. The van der Waals surface area contributed by atoms with Crippen LogP contribution in [0, 0.1) is 10.8 Å². The van der Waals surface area contributed by atoms with E-state index in [0.717, 1.165) is 25.7 Å². The molecule has 0 aromatic carbocycles. The van der Waals surface area contributed by atoms with Crippen LogP contribution in [0.4, 0.5) is 0 Å². The van der Waals surface area contributed by atoms with Crippen molar-refractivity contribution < 1.29 is 9.59 Å². The van der Waals surface area contributed by atoms with E-state index >= 15 is 0 Å². The number of hydrogen-bond donors (Lipinski definition) is 0. The van der Waals surface area contributed by atoms with Crippen LogP contribution in [0.1, 0.15) is 53.4 Å². The van der Waals surface area contributed by atoms with Gasteiger partial charge in [0, 0.05) is 37.0 Å². The molecular weight excluding hydrogens is 396 g/mol. The third-order valence-corrected chi connectivity index (χ3v) is 6.45. The molecule has 0 bridgehead atoms. The van der Waals surface area contributed by atoms with Crippen molar-refractivity contribution in [1.82, 2.24) is 9.80 Å². The van der Waals surface area contributed by atoms with Crippen molar-refractivity contribution in [2.24, 2.45) is 10.8 Å². The summed E-state index contributed by atoms with van der Waals surface area (Å²) in [5.41, 5.74) is -0.239. The zero-order valence-electron chi connectivity index (χ0n) is 20.8. The van der Waals surface area contributed by atoms with Crippen LogP contribution in [0.5, 0.6) is 0 Å². The number of hydrogen-bond acceptors (Lipinski definition) is 2. The van der Waals surface area contributed by atoms with Crippen LogP contribution in [0.3, 0.4) is 0 Å². The monoisotopic (exact) mass is 440 g/mol. The Morgan fingerprint density at radius 2 is 1.19 bits per heavy atom. The number of nitrogens with zero attached hydrogens (tertiary/aromatic N) is 2. The van der Waals surface area contributed by atoms with Gasteiger partial charge in [-0.1, -0.05) is 77.3 Å². The number of amides is 2. The first-order chi connectivity index (χ1) is 15.3. The molecule has 4 heteroatoms. The fourth-order valence-corrected chi connectivity index (χ4v) is 3.73. The molecule has 0 aliphatic carbocycles. The third-order valence-electron chi connectivity index (χ3n) is 6.45. The lowest BCUT2D eigenvalue weighted by atomic mass is 9.75. The molecule has 0 aliphatic rings. The van der Waals surface area contributed by atoms with Crippen molar-refractivity contribution in [3.05, 3.63) is 74.9 Å². The van der Waals surface area contributed by atoms with Crippen LogP contribution in [0.25, 0.3) is 0 Å². The molecule has 4 nitrogen and oxygen atoms in total. The first-order valence-corrected chi connectivity index (χ1v) is 11.7. The molecule has 178 valence electrons. The lowest BCUT2D eigenvalue weighted by Gasteiger charge is -2.36. The lowest BCUT2D eigenvalue weighted by Crippen LogP contribution is -2.39. The molecule has 32 heavy (non-hydrogen) atoms. The highest BCUT2D eigenvalue weighted by Gasteiger charge is 2.29. The van der Waals surface area contributed by atoms with Crippen LogP contribution in [-0.4, -0.2) is 47.8 Å². The largest absolute Gasteiger partial charge is 0.335 e. The highest BCUT2D eigenvalue weighted by molar-refractivity contribution is 5.87. The molecule has 0 rings (SSSR count). The summed E-state index contributed by atoms with van der Waals surface area (Å²) >= 11 is 0. The maximum Gasteiger partial charge on any atom is 0.246 e. The predicted molar refractivity (Wildman–Crippen MR) is 138 cm³/mol. The van der Waals surface area contributed by atoms with Gasteiger partial charge in [-0.15, -0.1) is 13.2 Å². The van der Waals surface area contributed by atoms with Crippen LogP contribution >= 0.6 is 0 Å². The molecule has 0 heterocycles. The molecule has 0 saturated carbocycles. The zero-order chi connectivity index (χ0) is 24.6. The van der Waals surface area contributed by atoms with E-state index in [9.17, 15) is 9.59 Å². The van der Waals surface area contributed by atoms with E-state index in [0.29, 0.717) is 26.2 Å². The van der Waals surface area contributed by atoms with Crippen molar-refractivity contribution in [3.63, 3.8) is 0 Å². The molecule has 0 fully saturated rings. The maximum absolute atomic E-state index is 12.3. The Balaban J connectivity index is 5.83. The summed E-state index contributed by atoms with van der Waals surface area (Å²) in [5.74, 6) is -0.176. The van der Waals surface area contributed by atoms with Gasteiger partial charge in [-0.05, 0) is 37.8 Å². The van der Waals surface area contributed by atoms with Crippen molar-refractivity contribution in [2.75, 3.05) is 26.2 Å². The van der Waals surface area contributed by atoms with Gasteiger partial charge < -0.3 is 9.80 Å². The predicted octanol–water partition coefficient (Wildman–Crippen LogP) is 6.11. The molecule has 0 N–H and O–H groups in total. The minimum Gasteiger partial charge on any atom is -0.335 e. The lowest BCUT2D eigenvalue weighted by molar-refractivity contribution is -0.127. The quantitative estimate of drug-likeness (QED) is 0.202. The molecule has 0 radical (unpaired) electrons. The van der Waals surface area contributed by atoms with Gasteiger partial charge in [-0.25, -0.2) is 0 Å². The smallest absolute Gasteiger partial charge is 0.246 e. The van der Waals surface area contributed by atoms with Crippen LogP contribution in [0.15, 0.2) is 74.9 Å². The van der Waals surface area contributed by atoms with Gasteiger partial charge in [-0.3, -0.25) is 9.59 Å². The summed E-state index contributed by atoms with van der Waals surface area (Å²) in [4.78, 5) is 27.9. The molecule has 0 spiro atoms. The van der Waals surface area contributed by atoms with E-state index in [1.54, 1.807) is 22.0 Å². The molecule has 0 saturated heterocycles.